The normalized spacial score (nSPS) is 11.3. The minimum Gasteiger partial charge on any atom is -0.352 e. The molecule has 0 bridgehead atoms. The van der Waals surface area contributed by atoms with E-state index < -0.39 is 11.6 Å². The minimum atomic E-state index is -0.658. The lowest BCUT2D eigenvalue weighted by molar-refractivity contribution is -0.121. The van der Waals surface area contributed by atoms with Crippen molar-refractivity contribution in [1.29, 1.82) is 0 Å². The molecule has 35 heavy (non-hydrogen) atoms. The summed E-state index contributed by atoms with van der Waals surface area (Å²) in [6, 6.07) is 3.64. The van der Waals surface area contributed by atoms with Crippen molar-refractivity contribution < 1.29 is 13.6 Å². The number of fused-ring (bicyclic) bond motifs is 1. The summed E-state index contributed by atoms with van der Waals surface area (Å²) >= 11 is 0. The van der Waals surface area contributed by atoms with Gasteiger partial charge in [0.25, 0.3) is 5.56 Å². The summed E-state index contributed by atoms with van der Waals surface area (Å²) in [4.78, 5) is 41.2. The number of aromatic nitrogens is 4. The molecule has 0 atom stereocenters. The van der Waals surface area contributed by atoms with Gasteiger partial charge in [-0.15, -0.1) is 0 Å². The van der Waals surface area contributed by atoms with E-state index in [1.807, 2.05) is 0 Å². The third-order valence-corrected chi connectivity index (χ3v) is 6.26. The van der Waals surface area contributed by atoms with E-state index in [2.05, 4.69) is 10.3 Å². The zero-order valence-corrected chi connectivity index (χ0v) is 20.4. The predicted octanol–water partition coefficient (Wildman–Crippen LogP) is 3.54. The third kappa shape index (κ3) is 6.64. The number of halogens is 2. The summed E-state index contributed by atoms with van der Waals surface area (Å²) in [5.74, 6) is -1.53. The predicted molar refractivity (Wildman–Crippen MR) is 130 cm³/mol. The third-order valence-electron chi connectivity index (χ3n) is 6.26. The highest BCUT2D eigenvalue weighted by Gasteiger charge is 2.14. The summed E-state index contributed by atoms with van der Waals surface area (Å²) in [5.41, 5.74) is 0.0643. The fourth-order valence-electron chi connectivity index (χ4n) is 4.19. The molecule has 3 rings (SSSR count). The van der Waals surface area contributed by atoms with E-state index in [4.69, 9.17) is 0 Å². The molecule has 0 spiro atoms. The number of carbonyl (C=O) groups is 1. The van der Waals surface area contributed by atoms with E-state index in [1.54, 1.807) is 18.7 Å². The Morgan fingerprint density at radius 1 is 0.943 bits per heavy atom. The first-order valence-electron chi connectivity index (χ1n) is 12.1. The second-order valence-corrected chi connectivity index (χ2v) is 8.88. The first-order valence-corrected chi connectivity index (χ1v) is 12.1. The van der Waals surface area contributed by atoms with Crippen LogP contribution in [-0.2, 0) is 32.0 Å². The van der Waals surface area contributed by atoms with Crippen LogP contribution in [0.25, 0.3) is 11.2 Å². The average molecular weight is 490 g/mol. The van der Waals surface area contributed by atoms with Crippen LogP contribution >= 0.6 is 0 Å². The van der Waals surface area contributed by atoms with Crippen molar-refractivity contribution in [2.45, 2.75) is 70.9 Å². The zero-order valence-electron chi connectivity index (χ0n) is 20.4. The van der Waals surface area contributed by atoms with Gasteiger partial charge in [-0.3, -0.25) is 18.7 Å². The number of aryl methyl sites for hydroxylation is 2. The van der Waals surface area contributed by atoms with Crippen molar-refractivity contribution in [2.75, 3.05) is 0 Å². The van der Waals surface area contributed by atoms with E-state index in [0.717, 1.165) is 51.4 Å². The molecule has 0 fully saturated rings. The fraction of sp³-hybridized carbons (Fsp3) is 0.520. The van der Waals surface area contributed by atoms with Gasteiger partial charge in [0.2, 0.25) is 5.91 Å². The smallest absolute Gasteiger partial charge is 0.332 e. The molecule has 2 heterocycles. The van der Waals surface area contributed by atoms with E-state index in [9.17, 15) is 23.2 Å². The fourth-order valence-corrected chi connectivity index (χ4v) is 4.19. The van der Waals surface area contributed by atoms with Crippen molar-refractivity contribution >= 4 is 17.1 Å². The Hall–Kier alpha value is -3.30. The highest BCUT2D eigenvalue weighted by atomic mass is 19.1. The lowest BCUT2D eigenvalue weighted by atomic mass is 10.1. The zero-order chi connectivity index (χ0) is 25.4. The molecule has 0 aliphatic rings. The van der Waals surface area contributed by atoms with Crippen molar-refractivity contribution in [3.8, 4) is 0 Å². The second-order valence-electron chi connectivity index (χ2n) is 8.88. The van der Waals surface area contributed by atoms with E-state index in [1.165, 1.54) is 33.7 Å². The summed E-state index contributed by atoms with van der Waals surface area (Å²) in [7, 11) is 3.37. The summed E-state index contributed by atoms with van der Waals surface area (Å²) in [6.07, 6.45) is 9.30. The topological polar surface area (TPSA) is 90.9 Å². The summed E-state index contributed by atoms with van der Waals surface area (Å²) in [6.45, 7) is 0.240. The maximum absolute atomic E-state index is 13.6. The monoisotopic (exact) mass is 489 g/mol. The standard InChI is InChI=1S/C25H33F2N5O3/c1-30-17-29-23-22(30)24(34)32(25(35)31(23)2)15-10-8-6-4-3-5-7-9-14-21(33)28-16-18-19(26)12-11-13-20(18)27/h11-13,17H,3-10,14-16H2,1-2H3,(H,28,33). The van der Waals surface area contributed by atoms with Crippen LogP contribution in [0.4, 0.5) is 8.78 Å². The number of benzene rings is 1. The molecule has 8 nitrogen and oxygen atoms in total. The quantitative estimate of drug-likeness (QED) is 0.372. The number of imidazole rings is 1. The number of nitrogens with one attached hydrogen (secondary N) is 1. The molecule has 10 heteroatoms. The van der Waals surface area contributed by atoms with Crippen LogP contribution in [0.3, 0.4) is 0 Å². The summed E-state index contributed by atoms with van der Waals surface area (Å²) < 4.78 is 31.5. The van der Waals surface area contributed by atoms with Gasteiger partial charge < -0.3 is 9.88 Å². The Labute approximate surface area is 202 Å². The minimum absolute atomic E-state index is 0.122. The lowest BCUT2D eigenvalue weighted by Crippen LogP contribution is -2.39. The van der Waals surface area contributed by atoms with E-state index in [-0.39, 0.29) is 29.3 Å². The molecular formula is C25H33F2N5O3. The molecule has 0 aliphatic heterocycles. The van der Waals surface area contributed by atoms with Crippen molar-refractivity contribution in [2.24, 2.45) is 14.1 Å². The molecule has 0 radical (unpaired) electrons. The van der Waals surface area contributed by atoms with Crippen molar-refractivity contribution in [1.82, 2.24) is 24.0 Å². The lowest BCUT2D eigenvalue weighted by Gasteiger charge is -2.09. The molecule has 1 N–H and O–H groups in total. The SMILES string of the molecule is Cn1cnc2c1c(=O)n(CCCCCCCCCCC(=O)NCc1c(F)cccc1F)c(=O)n2C. The Bertz CT molecular complexity index is 1260. The van der Waals surface area contributed by atoms with Gasteiger partial charge in [-0.2, -0.15) is 0 Å². The Kier molecular flexibility index (Phi) is 9.33. The Balaban J connectivity index is 1.27. The van der Waals surface area contributed by atoms with Gasteiger partial charge in [0.15, 0.2) is 11.2 Å². The van der Waals surface area contributed by atoms with Crippen LogP contribution < -0.4 is 16.6 Å². The molecule has 0 aliphatic carbocycles. The van der Waals surface area contributed by atoms with Crippen LogP contribution in [0.2, 0.25) is 0 Å². The molecule has 0 saturated carbocycles. The second kappa shape index (κ2) is 12.4. The molecule has 2 aromatic heterocycles. The van der Waals surface area contributed by atoms with Crippen LogP contribution in [0.5, 0.6) is 0 Å². The largest absolute Gasteiger partial charge is 0.352 e. The first-order chi connectivity index (χ1) is 16.8. The van der Waals surface area contributed by atoms with Crippen molar-refractivity contribution in [3.63, 3.8) is 0 Å². The maximum atomic E-state index is 13.6. The number of hydrogen-bond donors (Lipinski definition) is 1. The van der Waals surface area contributed by atoms with E-state index in [0.29, 0.717) is 24.1 Å². The van der Waals surface area contributed by atoms with Gasteiger partial charge >= 0.3 is 5.69 Å². The highest BCUT2D eigenvalue weighted by Crippen LogP contribution is 2.13. The van der Waals surface area contributed by atoms with Crippen LogP contribution in [0.15, 0.2) is 34.1 Å². The number of amides is 1. The van der Waals surface area contributed by atoms with Gasteiger partial charge in [0.1, 0.15) is 11.6 Å². The molecule has 3 aromatic rings. The van der Waals surface area contributed by atoms with Crippen LogP contribution in [0, 0.1) is 11.6 Å². The van der Waals surface area contributed by atoms with Gasteiger partial charge in [0.05, 0.1) is 6.33 Å². The molecule has 0 unspecified atom stereocenters. The van der Waals surface area contributed by atoms with Gasteiger partial charge in [0, 0.05) is 39.2 Å². The maximum Gasteiger partial charge on any atom is 0.332 e. The summed E-state index contributed by atoms with van der Waals surface area (Å²) in [5, 5.41) is 2.57. The van der Waals surface area contributed by atoms with Gasteiger partial charge in [-0.25, -0.2) is 18.6 Å². The Morgan fingerprint density at radius 3 is 2.20 bits per heavy atom. The molecule has 0 saturated heterocycles. The Morgan fingerprint density at radius 2 is 1.54 bits per heavy atom. The van der Waals surface area contributed by atoms with Gasteiger partial charge in [-0.05, 0) is 25.0 Å². The van der Waals surface area contributed by atoms with E-state index >= 15 is 0 Å². The van der Waals surface area contributed by atoms with Crippen molar-refractivity contribution in [3.05, 3.63) is 62.6 Å². The molecule has 1 amide bonds. The first kappa shape index (κ1) is 26.3. The number of hydrogen-bond acceptors (Lipinski definition) is 4. The van der Waals surface area contributed by atoms with Crippen LogP contribution in [0.1, 0.15) is 63.4 Å². The highest BCUT2D eigenvalue weighted by molar-refractivity contribution is 5.75. The van der Waals surface area contributed by atoms with Gasteiger partial charge in [-0.1, -0.05) is 44.6 Å². The number of rotatable bonds is 13. The number of nitrogens with zero attached hydrogens (tertiary/aromatic N) is 4. The molecule has 190 valence electrons. The number of unbranched alkanes of at least 4 members (excludes halogenated alkanes) is 7. The average Bonchev–Trinajstić information content (AvgIpc) is 3.22. The number of carbonyl (C=O) groups excluding carboxylic acids is 1. The van der Waals surface area contributed by atoms with Crippen LogP contribution in [-0.4, -0.2) is 24.6 Å². The molecule has 1 aromatic carbocycles. The molecular weight excluding hydrogens is 456 g/mol.